The number of piperidine rings is 1. The zero-order chi connectivity index (χ0) is 23.6. The second kappa shape index (κ2) is 10.0. The molecule has 3 heterocycles. The Balaban J connectivity index is 1.35. The van der Waals surface area contributed by atoms with Gasteiger partial charge in [-0.2, -0.15) is 9.40 Å². The van der Waals surface area contributed by atoms with Gasteiger partial charge >= 0.3 is 0 Å². The molecule has 0 radical (unpaired) electrons. The quantitative estimate of drug-likeness (QED) is 0.618. The topological polar surface area (TPSA) is 78.8 Å². The second-order valence-electron chi connectivity index (χ2n) is 8.78. The first kappa shape index (κ1) is 24.0. The Morgan fingerprint density at radius 2 is 1.61 bits per heavy atom. The van der Waals surface area contributed by atoms with E-state index in [1.807, 2.05) is 29.2 Å². The number of halogens is 1. The maximum Gasteiger partial charge on any atom is 0.246 e. The van der Waals surface area contributed by atoms with Crippen LogP contribution in [0.1, 0.15) is 37.1 Å². The third kappa shape index (κ3) is 5.20. The zero-order valence-corrected chi connectivity index (χ0v) is 20.9. The summed E-state index contributed by atoms with van der Waals surface area (Å²) in [6.07, 6.45) is 3.15. The average Bonchev–Trinajstić information content (AvgIpc) is 3.12. The summed E-state index contributed by atoms with van der Waals surface area (Å²) in [5.74, 6) is 0.0683. The van der Waals surface area contributed by atoms with E-state index in [1.54, 1.807) is 22.8 Å². The van der Waals surface area contributed by atoms with E-state index >= 15 is 0 Å². The van der Waals surface area contributed by atoms with Gasteiger partial charge in [0, 0.05) is 56.4 Å². The van der Waals surface area contributed by atoms with E-state index < -0.39 is 10.0 Å². The van der Waals surface area contributed by atoms with Crippen molar-refractivity contribution in [1.82, 2.24) is 19.0 Å². The highest BCUT2D eigenvalue weighted by molar-refractivity contribution is 7.89. The van der Waals surface area contributed by atoms with Crippen LogP contribution in [0.5, 0.6) is 0 Å². The molecular weight excluding hydrogens is 462 g/mol. The van der Waals surface area contributed by atoms with Gasteiger partial charge in [-0.15, -0.1) is 0 Å². The number of amides is 1. The maximum absolute atomic E-state index is 13.2. The molecule has 0 saturated carbocycles. The lowest BCUT2D eigenvalue weighted by Crippen LogP contribution is -2.49. The Kier molecular flexibility index (Phi) is 7.31. The number of anilines is 1. The third-order valence-corrected chi connectivity index (χ3v) is 8.99. The number of nitrogens with zero attached hydrogens (tertiary/aromatic N) is 5. The molecule has 8 nitrogen and oxygen atoms in total. The van der Waals surface area contributed by atoms with E-state index in [1.165, 1.54) is 0 Å². The van der Waals surface area contributed by atoms with Crippen molar-refractivity contribution >= 4 is 33.2 Å². The minimum absolute atomic E-state index is 0.0683. The number of hydrogen-bond acceptors (Lipinski definition) is 5. The Bertz CT molecular complexity index is 1090. The van der Waals surface area contributed by atoms with E-state index in [2.05, 4.69) is 10.00 Å². The number of hydrogen-bond donors (Lipinski definition) is 0. The molecule has 2 aromatic rings. The van der Waals surface area contributed by atoms with Gasteiger partial charge in [-0.1, -0.05) is 18.0 Å². The third-order valence-electron chi connectivity index (χ3n) is 6.59. The first-order valence-electron chi connectivity index (χ1n) is 11.6. The molecule has 2 aliphatic rings. The van der Waals surface area contributed by atoms with E-state index in [0.29, 0.717) is 60.5 Å². The van der Waals surface area contributed by atoms with Crippen LogP contribution in [0.25, 0.3) is 0 Å². The number of carbonyl (C=O) groups excluding carboxylic acids is 1. The molecule has 2 aliphatic heterocycles. The highest BCUT2D eigenvalue weighted by Gasteiger charge is 2.32. The highest BCUT2D eigenvalue weighted by Crippen LogP contribution is 2.26. The van der Waals surface area contributed by atoms with Crippen LogP contribution in [0, 0.1) is 13.8 Å². The van der Waals surface area contributed by atoms with E-state index in [-0.39, 0.29) is 5.91 Å². The molecular formula is C23H32ClN5O3S. The molecule has 4 rings (SSSR count). The van der Waals surface area contributed by atoms with Crippen molar-refractivity contribution in [2.45, 2.75) is 51.0 Å². The Morgan fingerprint density at radius 3 is 2.24 bits per heavy atom. The minimum Gasteiger partial charge on any atom is -0.368 e. The fourth-order valence-electron chi connectivity index (χ4n) is 4.73. The maximum atomic E-state index is 13.2. The molecule has 180 valence electrons. The van der Waals surface area contributed by atoms with Gasteiger partial charge in [0.05, 0.1) is 17.9 Å². The van der Waals surface area contributed by atoms with E-state index in [0.717, 1.165) is 38.0 Å². The van der Waals surface area contributed by atoms with E-state index in [9.17, 15) is 13.2 Å². The van der Waals surface area contributed by atoms with Gasteiger partial charge in [-0.3, -0.25) is 9.48 Å². The van der Waals surface area contributed by atoms with Crippen molar-refractivity contribution in [3.8, 4) is 0 Å². The first-order chi connectivity index (χ1) is 15.8. The molecule has 1 aromatic heterocycles. The van der Waals surface area contributed by atoms with E-state index in [4.69, 9.17) is 11.6 Å². The van der Waals surface area contributed by atoms with Crippen molar-refractivity contribution in [2.24, 2.45) is 0 Å². The number of carbonyl (C=O) groups is 1. The van der Waals surface area contributed by atoms with Crippen LogP contribution < -0.4 is 4.90 Å². The number of sulfonamides is 1. The van der Waals surface area contributed by atoms with Gasteiger partial charge in [0.25, 0.3) is 0 Å². The monoisotopic (exact) mass is 493 g/mol. The molecule has 33 heavy (non-hydrogen) atoms. The van der Waals surface area contributed by atoms with Crippen molar-refractivity contribution in [3.63, 3.8) is 0 Å². The number of rotatable bonds is 6. The van der Waals surface area contributed by atoms with Crippen molar-refractivity contribution < 1.29 is 13.2 Å². The van der Waals surface area contributed by atoms with Gasteiger partial charge < -0.3 is 9.80 Å². The molecule has 0 atom stereocenters. The number of aromatic nitrogens is 2. The summed E-state index contributed by atoms with van der Waals surface area (Å²) in [4.78, 5) is 17.3. The highest BCUT2D eigenvalue weighted by atomic mass is 35.5. The fraction of sp³-hybridized carbons (Fsp3) is 0.565. The van der Waals surface area contributed by atoms with Crippen LogP contribution in [0.2, 0.25) is 5.02 Å². The summed E-state index contributed by atoms with van der Waals surface area (Å²) in [7, 11) is -3.56. The zero-order valence-electron chi connectivity index (χ0n) is 19.3. The summed E-state index contributed by atoms with van der Waals surface area (Å²) in [6.45, 7) is 7.87. The lowest BCUT2D eigenvalue weighted by molar-refractivity contribution is -0.131. The summed E-state index contributed by atoms with van der Waals surface area (Å²) in [5, 5.41) is 5.18. The Hall–Kier alpha value is -2.10. The number of piperazine rings is 1. The summed E-state index contributed by atoms with van der Waals surface area (Å²) >= 11 is 5.97. The molecule has 0 unspecified atom stereocenters. The van der Waals surface area contributed by atoms with Gasteiger partial charge in [0.15, 0.2) is 0 Å². The van der Waals surface area contributed by atoms with Gasteiger partial charge in [-0.25, -0.2) is 8.42 Å². The predicted octanol–water partition coefficient (Wildman–Crippen LogP) is 3.07. The Labute approximate surface area is 201 Å². The number of benzene rings is 1. The summed E-state index contributed by atoms with van der Waals surface area (Å²) < 4.78 is 29.6. The number of aryl methyl sites for hydroxylation is 2. The summed E-state index contributed by atoms with van der Waals surface area (Å²) in [6, 6.07) is 7.75. The van der Waals surface area contributed by atoms with Gasteiger partial charge in [-0.05, 0) is 51.0 Å². The molecule has 1 amide bonds. The molecule has 2 fully saturated rings. The van der Waals surface area contributed by atoms with Crippen LogP contribution in [-0.4, -0.2) is 72.6 Å². The van der Waals surface area contributed by atoms with Gasteiger partial charge in [0.1, 0.15) is 4.90 Å². The first-order valence-corrected chi connectivity index (χ1v) is 13.4. The molecule has 1 aromatic carbocycles. The van der Waals surface area contributed by atoms with Crippen molar-refractivity contribution in [1.29, 1.82) is 0 Å². The van der Waals surface area contributed by atoms with Crippen LogP contribution in [0.15, 0.2) is 29.2 Å². The fourth-order valence-corrected chi connectivity index (χ4v) is 6.75. The van der Waals surface area contributed by atoms with Gasteiger partial charge in [0.2, 0.25) is 15.9 Å². The predicted molar refractivity (Wildman–Crippen MR) is 129 cm³/mol. The van der Waals surface area contributed by atoms with Crippen molar-refractivity contribution in [2.75, 3.05) is 44.2 Å². The normalized spacial score (nSPS) is 18.0. The SMILES string of the molecule is Cc1nn(CCC(=O)N2CCN(c3ccc(Cl)cc3)CC2)c(C)c1S(=O)(=O)N1CCCCC1. The standard InChI is InChI=1S/C23H32ClN5O3S/c1-18-23(33(31,32)28-11-4-3-5-12-28)19(2)29(25-18)13-10-22(30)27-16-14-26(15-17-27)21-8-6-20(24)7-9-21/h6-9H,3-5,10-17H2,1-2H3. The van der Waals surface area contributed by atoms with Crippen LogP contribution in [0.3, 0.4) is 0 Å². The molecule has 0 bridgehead atoms. The van der Waals surface area contributed by atoms with Crippen LogP contribution >= 0.6 is 11.6 Å². The lowest BCUT2D eigenvalue weighted by Gasteiger charge is -2.36. The molecule has 0 aliphatic carbocycles. The average molecular weight is 494 g/mol. The smallest absolute Gasteiger partial charge is 0.246 e. The largest absolute Gasteiger partial charge is 0.368 e. The van der Waals surface area contributed by atoms with Crippen LogP contribution in [-0.2, 0) is 21.4 Å². The lowest BCUT2D eigenvalue weighted by atomic mass is 10.2. The molecule has 0 spiro atoms. The second-order valence-corrected chi connectivity index (χ2v) is 11.1. The van der Waals surface area contributed by atoms with Crippen molar-refractivity contribution in [3.05, 3.63) is 40.7 Å². The Morgan fingerprint density at radius 1 is 0.970 bits per heavy atom. The molecule has 2 saturated heterocycles. The minimum atomic E-state index is -3.56. The van der Waals surface area contributed by atoms with Crippen LogP contribution in [0.4, 0.5) is 5.69 Å². The molecule has 10 heteroatoms. The molecule has 0 N–H and O–H groups in total. The summed E-state index contributed by atoms with van der Waals surface area (Å²) in [5.41, 5.74) is 2.22.